The molecule has 0 aliphatic heterocycles. The average Bonchev–Trinajstić information content (AvgIpc) is 2.63. The maximum absolute atomic E-state index is 12.5. The summed E-state index contributed by atoms with van der Waals surface area (Å²) in [5, 5.41) is 2.68. The van der Waals surface area contributed by atoms with Crippen molar-refractivity contribution < 1.29 is 17.9 Å². The molecule has 0 unspecified atom stereocenters. The molecule has 6 nitrogen and oxygen atoms in total. The Hall–Kier alpha value is -3.32. The van der Waals surface area contributed by atoms with Crippen LogP contribution in [0.4, 0.5) is 11.4 Å². The van der Waals surface area contributed by atoms with Crippen LogP contribution in [0.1, 0.15) is 12.5 Å². The molecule has 2 N–H and O–H groups in total. The molecule has 0 fully saturated rings. The van der Waals surface area contributed by atoms with Gasteiger partial charge in [-0.3, -0.25) is 9.52 Å². The van der Waals surface area contributed by atoms with E-state index >= 15 is 0 Å². The van der Waals surface area contributed by atoms with E-state index in [4.69, 9.17) is 4.74 Å². The lowest BCUT2D eigenvalue weighted by Crippen LogP contribution is -2.12. The monoisotopic (exact) mass is 396 g/mol. The number of ether oxygens (including phenoxy) is 1. The summed E-state index contributed by atoms with van der Waals surface area (Å²) in [6.45, 7) is 3.33. The summed E-state index contributed by atoms with van der Waals surface area (Å²) < 4.78 is 33.3. The van der Waals surface area contributed by atoms with Gasteiger partial charge in [-0.1, -0.05) is 12.1 Å². The summed E-state index contributed by atoms with van der Waals surface area (Å²) in [6, 6.07) is 20.2. The second-order valence-corrected chi connectivity index (χ2v) is 7.94. The zero-order chi connectivity index (χ0) is 20.1. The van der Waals surface area contributed by atoms with Gasteiger partial charge in [-0.2, -0.15) is 0 Å². The van der Waals surface area contributed by atoms with Crippen LogP contribution in [0.25, 0.3) is 0 Å². The number of sulfonamides is 1. The molecule has 144 valence electrons. The van der Waals surface area contributed by atoms with Crippen molar-refractivity contribution in [1.82, 2.24) is 0 Å². The lowest BCUT2D eigenvalue weighted by atomic mass is 10.2. The largest absolute Gasteiger partial charge is 0.457 e. The minimum absolute atomic E-state index is 0.141. The standard InChI is InChI=1S/C21H20N2O4S/c1-15-4-3-5-18(14-15)23-28(25,26)21-12-10-20(11-13-21)27-19-8-6-17(7-9-19)22-16(2)24/h3-14,23H,1-2H3,(H,22,24). The Morgan fingerprint density at radius 3 is 2.04 bits per heavy atom. The van der Waals surface area contributed by atoms with E-state index in [1.807, 2.05) is 13.0 Å². The van der Waals surface area contributed by atoms with E-state index in [0.29, 0.717) is 22.9 Å². The second kappa shape index (κ2) is 8.14. The molecule has 0 radical (unpaired) electrons. The number of nitrogens with one attached hydrogen (secondary N) is 2. The molecule has 0 aliphatic carbocycles. The smallest absolute Gasteiger partial charge is 0.261 e. The van der Waals surface area contributed by atoms with E-state index in [0.717, 1.165) is 5.56 Å². The SMILES string of the molecule is CC(=O)Nc1ccc(Oc2ccc(S(=O)(=O)Nc3cccc(C)c3)cc2)cc1. The number of carbonyl (C=O) groups is 1. The number of hydrogen-bond donors (Lipinski definition) is 2. The summed E-state index contributed by atoms with van der Waals surface area (Å²) in [6.07, 6.45) is 0. The fourth-order valence-corrected chi connectivity index (χ4v) is 3.60. The van der Waals surface area contributed by atoms with Crippen LogP contribution in [0.5, 0.6) is 11.5 Å². The summed E-state index contributed by atoms with van der Waals surface area (Å²) in [5.74, 6) is 0.925. The fourth-order valence-electron chi connectivity index (χ4n) is 2.56. The highest BCUT2D eigenvalue weighted by Gasteiger charge is 2.14. The predicted octanol–water partition coefficient (Wildman–Crippen LogP) is 4.55. The first-order chi connectivity index (χ1) is 13.3. The first kappa shape index (κ1) is 19.4. The molecule has 0 saturated carbocycles. The van der Waals surface area contributed by atoms with Crippen LogP contribution >= 0.6 is 0 Å². The third-order valence-electron chi connectivity index (χ3n) is 3.81. The number of anilines is 2. The van der Waals surface area contributed by atoms with Crippen LogP contribution in [0, 0.1) is 6.92 Å². The van der Waals surface area contributed by atoms with Gasteiger partial charge >= 0.3 is 0 Å². The third-order valence-corrected chi connectivity index (χ3v) is 5.21. The molecular weight excluding hydrogens is 376 g/mol. The molecule has 7 heteroatoms. The number of hydrogen-bond acceptors (Lipinski definition) is 4. The molecule has 0 spiro atoms. The number of benzene rings is 3. The summed E-state index contributed by atoms with van der Waals surface area (Å²) in [7, 11) is -3.68. The summed E-state index contributed by atoms with van der Waals surface area (Å²) >= 11 is 0. The molecule has 0 aliphatic rings. The Morgan fingerprint density at radius 2 is 1.46 bits per heavy atom. The Labute approximate surface area is 164 Å². The van der Waals surface area contributed by atoms with E-state index in [1.54, 1.807) is 54.6 Å². The predicted molar refractivity (Wildman–Crippen MR) is 109 cm³/mol. The van der Waals surface area contributed by atoms with Crippen molar-refractivity contribution in [2.45, 2.75) is 18.7 Å². The van der Waals surface area contributed by atoms with Gasteiger partial charge in [0.1, 0.15) is 11.5 Å². The lowest BCUT2D eigenvalue weighted by molar-refractivity contribution is -0.114. The highest BCUT2D eigenvalue weighted by molar-refractivity contribution is 7.92. The number of aryl methyl sites for hydroxylation is 1. The van der Waals surface area contributed by atoms with Gasteiger partial charge in [0.2, 0.25) is 5.91 Å². The minimum Gasteiger partial charge on any atom is -0.457 e. The average molecular weight is 396 g/mol. The lowest BCUT2D eigenvalue weighted by Gasteiger charge is -2.10. The number of carbonyl (C=O) groups excluding carboxylic acids is 1. The third kappa shape index (κ3) is 5.11. The maximum Gasteiger partial charge on any atom is 0.261 e. The van der Waals surface area contributed by atoms with Gasteiger partial charge in [0, 0.05) is 18.3 Å². The van der Waals surface area contributed by atoms with Crippen molar-refractivity contribution in [2.24, 2.45) is 0 Å². The number of amides is 1. The number of rotatable bonds is 6. The molecular formula is C21H20N2O4S. The Kier molecular flexibility index (Phi) is 5.65. The molecule has 3 aromatic rings. The van der Waals surface area contributed by atoms with Gasteiger partial charge in [0.15, 0.2) is 0 Å². The molecule has 0 heterocycles. The van der Waals surface area contributed by atoms with Gasteiger partial charge in [-0.15, -0.1) is 0 Å². The molecule has 0 saturated heterocycles. The maximum atomic E-state index is 12.5. The van der Waals surface area contributed by atoms with Crippen LogP contribution < -0.4 is 14.8 Å². The molecule has 1 amide bonds. The van der Waals surface area contributed by atoms with Gasteiger partial charge in [-0.25, -0.2) is 8.42 Å². The van der Waals surface area contributed by atoms with Crippen molar-refractivity contribution in [3.8, 4) is 11.5 Å². The van der Waals surface area contributed by atoms with Gasteiger partial charge in [0.05, 0.1) is 4.90 Å². The van der Waals surface area contributed by atoms with Crippen molar-refractivity contribution in [3.63, 3.8) is 0 Å². The molecule has 28 heavy (non-hydrogen) atoms. The zero-order valence-corrected chi connectivity index (χ0v) is 16.3. The van der Waals surface area contributed by atoms with Crippen molar-refractivity contribution >= 4 is 27.3 Å². The normalized spacial score (nSPS) is 10.9. The second-order valence-electron chi connectivity index (χ2n) is 6.25. The van der Waals surface area contributed by atoms with E-state index in [-0.39, 0.29) is 10.8 Å². The quantitative estimate of drug-likeness (QED) is 0.640. The molecule has 0 bridgehead atoms. The van der Waals surface area contributed by atoms with Crippen molar-refractivity contribution in [2.75, 3.05) is 10.0 Å². The highest BCUT2D eigenvalue weighted by Crippen LogP contribution is 2.25. The molecule has 3 aromatic carbocycles. The van der Waals surface area contributed by atoms with Gasteiger partial charge in [0.25, 0.3) is 10.0 Å². The van der Waals surface area contributed by atoms with Crippen LogP contribution in [0.2, 0.25) is 0 Å². The van der Waals surface area contributed by atoms with Gasteiger partial charge < -0.3 is 10.1 Å². The zero-order valence-electron chi connectivity index (χ0n) is 15.5. The Bertz CT molecular complexity index is 1080. The molecule has 0 aromatic heterocycles. The van der Waals surface area contributed by atoms with Crippen LogP contribution in [0.3, 0.4) is 0 Å². The molecule has 3 rings (SSSR count). The minimum atomic E-state index is -3.68. The van der Waals surface area contributed by atoms with Crippen molar-refractivity contribution in [1.29, 1.82) is 0 Å². The van der Waals surface area contributed by atoms with Crippen LogP contribution in [0.15, 0.2) is 77.7 Å². The molecule has 0 atom stereocenters. The van der Waals surface area contributed by atoms with E-state index in [9.17, 15) is 13.2 Å². The van der Waals surface area contributed by atoms with Gasteiger partial charge in [-0.05, 0) is 73.2 Å². The highest BCUT2D eigenvalue weighted by atomic mass is 32.2. The topological polar surface area (TPSA) is 84.5 Å². The Morgan fingerprint density at radius 1 is 0.857 bits per heavy atom. The van der Waals surface area contributed by atoms with Crippen LogP contribution in [-0.2, 0) is 14.8 Å². The summed E-state index contributed by atoms with van der Waals surface area (Å²) in [4.78, 5) is 11.2. The van der Waals surface area contributed by atoms with Crippen LogP contribution in [-0.4, -0.2) is 14.3 Å². The summed E-state index contributed by atoms with van der Waals surface area (Å²) in [5.41, 5.74) is 2.15. The fraction of sp³-hybridized carbons (Fsp3) is 0.0952. The Balaban J connectivity index is 1.69. The first-order valence-electron chi connectivity index (χ1n) is 8.57. The van der Waals surface area contributed by atoms with Crippen molar-refractivity contribution in [3.05, 3.63) is 78.4 Å². The first-order valence-corrected chi connectivity index (χ1v) is 10.1. The van der Waals surface area contributed by atoms with E-state index in [1.165, 1.54) is 19.1 Å². The van der Waals surface area contributed by atoms with E-state index < -0.39 is 10.0 Å². The van der Waals surface area contributed by atoms with E-state index in [2.05, 4.69) is 10.0 Å².